The summed E-state index contributed by atoms with van der Waals surface area (Å²) in [5, 5.41) is 4.22. The molecule has 136 valence electrons. The van der Waals surface area contributed by atoms with Crippen molar-refractivity contribution in [3.8, 4) is 0 Å². The third-order valence-electron chi connectivity index (χ3n) is 5.09. The molecule has 0 unspecified atom stereocenters. The Kier molecular flexibility index (Phi) is 4.77. The molecule has 1 aliphatic rings. The Balaban J connectivity index is 1.73. The number of benzene rings is 1. The van der Waals surface area contributed by atoms with Crippen molar-refractivity contribution >= 4 is 10.0 Å². The maximum absolute atomic E-state index is 12.9. The predicted octanol–water partition coefficient (Wildman–Crippen LogP) is 3.29. The van der Waals surface area contributed by atoms with Crippen LogP contribution in [0.4, 0.5) is 0 Å². The Labute approximate surface area is 150 Å². The highest BCUT2D eigenvalue weighted by Gasteiger charge is 2.31. The van der Waals surface area contributed by atoms with Crippen LogP contribution < -0.4 is 0 Å². The van der Waals surface area contributed by atoms with E-state index in [9.17, 15) is 8.42 Å². The van der Waals surface area contributed by atoms with E-state index in [1.807, 2.05) is 29.9 Å². The van der Waals surface area contributed by atoms with Gasteiger partial charge in [-0.05, 0) is 42.0 Å². The van der Waals surface area contributed by atoms with E-state index >= 15 is 0 Å². The molecule has 0 aliphatic carbocycles. The van der Waals surface area contributed by atoms with E-state index in [0.717, 1.165) is 18.4 Å². The van der Waals surface area contributed by atoms with Gasteiger partial charge in [-0.25, -0.2) is 8.42 Å². The molecule has 0 bridgehead atoms. The zero-order valence-electron chi connectivity index (χ0n) is 15.4. The largest absolute Gasteiger partial charge is 0.272 e. The highest BCUT2D eigenvalue weighted by atomic mass is 32.2. The summed E-state index contributed by atoms with van der Waals surface area (Å²) in [5.41, 5.74) is 2.34. The lowest BCUT2D eigenvalue weighted by Gasteiger charge is -2.31. The van der Waals surface area contributed by atoms with Gasteiger partial charge in [-0.2, -0.15) is 9.40 Å². The maximum atomic E-state index is 12.9. The monoisotopic (exact) mass is 361 g/mol. The second-order valence-electron chi connectivity index (χ2n) is 7.83. The zero-order chi connectivity index (χ0) is 18.2. The van der Waals surface area contributed by atoms with Crippen molar-refractivity contribution in [2.24, 2.45) is 7.05 Å². The fraction of sp³-hybridized carbons (Fsp3) is 0.526. The summed E-state index contributed by atoms with van der Waals surface area (Å²) < 4.78 is 29.3. The summed E-state index contributed by atoms with van der Waals surface area (Å²) in [6.07, 6.45) is 3.47. The van der Waals surface area contributed by atoms with Crippen molar-refractivity contribution in [2.45, 2.75) is 49.8 Å². The van der Waals surface area contributed by atoms with Gasteiger partial charge in [0.1, 0.15) is 0 Å². The number of rotatable bonds is 3. The average Bonchev–Trinajstić information content (AvgIpc) is 3.00. The van der Waals surface area contributed by atoms with E-state index in [-0.39, 0.29) is 5.41 Å². The van der Waals surface area contributed by atoms with Crippen LogP contribution in [0.1, 0.15) is 50.8 Å². The van der Waals surface area contributed by atoms with Crippen LogP contribution in [0.5, 0.6) is 0 Å². The first kappa shape index (κ1) is 18.1. The quantitative estimate of drug-likeness (QED) is 0.843. The highest BCUT2D eigenvalue weighted by Crippen LogP contribution is 2.31. The predicted molar refractivity (Wildman–Crippen MR) is 99.1 cm³/mol. The molecule has 6 heteroatoms. The van der Waals surface area contributed by atoms with E-state index in [1.165, 1.54) is 5.69 Å². The van der Waals surface area contributed by atoms with Gasteiger partial charge in [0.15, 0.2) is 0 Å². The molecule has 1 aromatic carbocycles. The Morgan fingerprint density at radius 2 is 1.64 bits per heavy atom. The number of sulfonamides is 1. The summed E-state index contributed by atoms with van der Waals surface area (Å²) in [6.45, 7) is 7.48. The minimum atomic E-state index is -3.42. The molecular weight excluding hydrogens is 334 g/mol. The molecule has 3 rings (SSSR count). The molecule has 1 aliphatic heterocycles. The number of hydrogen-bond acceptors (Lipinski definition) is 3. The van der Waals surface area contributed by atoms with Gasteiger partial charge in [-0.3, -0.25) is 4.68 Å². The molecule has 0 radical (unpaired) electrons. The second-order valence-corrected chi connectivity index (χ2v) is 9.77. The minimum Gasteiger partial charge on any atom is -0.272 e. The van der Waals surface area contributed by atoms with E-state index in [1.54, 1.807) is 22.6 Å². The Morgan fingerprint density at radius 3 is 2.12 bits per heavy atom. The number of aromatic nitrogens is 2. The van der Waals surface area contributed by atoms with Crippen LogP contribution in [-0.2, 0) is 22.5 Å². The molecule has 0 amide bonds. The zero-order valence-corrected chi connectivity index (χ0v) is 16.3. The highest BCUT2D eigenvalue weighted by molar-refractivity contribution is 7.89. The van der Waals surface area contributed by atoms with Crippen molar-refractivity contribution < 1.29 is 8.42 Å². The summed E-state index contributed by atoms with van der Waals surface area (Å²) in [5.74, 6) is 0.377. The fourth-order valence-electron chi connectivity index (χ4n) is 3.45. The SMILES string of the molecule is Cn1nccc1C1CCN(S(=O)(=O)c2ccc(C(C)(C)C)cc2)CC1. The molecule has 1 saturated heterocycles. The van der Waals surface area contributed by atoms with Crippen molar-refractivity contribution in [1.82, 2.24) is 14.1 Å². The van der Waals surface area contributed by atoms with Crippen LogP contribution in [0.25, 0.3) is 0 Å². The van der Waals surface area contributed by atoms with Gasteiger partial charge in [0.25, 0.3) is 0 Å². The van der Waals surface area contributed by atoms with Gasteiger partial charge in [0.2, 0.25) is 10.0 Å². The first-order valence-electron chi connectivity index (χ1n) is 8.78. The standard InChI is InChI=1S/C19H27N3O2S/c1-19(2,3)16-5-7-17(8-6-16)25(23,24)22-13-10-15(11-14-22)18-9-12-20-21(18)4/h5-9,12,15H,10-11,13-14H2,1-4H3. The van der Waals surface area contributed by atoms with Crippen LogP contribution in [0.3, 0.4) is 0 Å². The smallest absolute Gasteiger partial charge is 0.243 e. The summed E-state index contributed by atoms with van der Waals surface area (Å²) in [7, 11) is -1.48. The second kappa shape index (κ2) is 6.57. The van der Waals surface area contributed by atoms with E-state index in [2.05, 4.69) is 25.9 Å². The molecule has 0 atom stereocenters. The fourth-order valence-corrected chi connectivity index (χ4v) is 4.92. The molecule has 0 saturated carbocycles. The molecule has 2 aromatic rings. The topological polar surface area (TPSA) is 55.2 Å². The molecule has 1 fully saturated rings. The van der Waals surface area contributed by atoms with E-state index in [0.29, 0.717) is 23.9 Å². The molecular formula is C19H27N3O2S. The summed E-state index contributed by atoms with van der Waals surface area (Å²) in [6, 6.07) is 9.36. The van der Waals surface area contributed by atoms with Gasteiger partial charge in [0.05, 0.1) is 4.90 Å². The summed E-state index contributed by atoms with van der Waals surface area (Å²) >= 11 is 0. The van der Waals surface area contributed by atoms with Gasteiger partial charge < -0.3 is 0 Å². The van der Waals surface area contributed by atoms with Crippen LogP contribution in [0.2, 0.25) is 0 Å². The summed E-state index contributed by atoms with van der Waals surface area (Å²) in [4.78, 5) is 0.388. The number of piperidine rings is 1. The first-order chi connectivity index (χ1) is 11.7. The lowest BCUT2D eigenvalue weighted by Crippen LogP contribution is -2.38. The van der Waals surface area contributed by atoms with Crippen LogP contribution in [0.15, 0.2) is 41.4 Å². The number of hydrogen-bond donors (Lipinski definition) is 0. The average molecular weight is 362 g/mol. The molecule has 25 heavy (non-hydrogen) atoms. The number of aryl methyl sites for hydroxylation is 1. The molecule has 2 heterocycles. The lowest BCUT2D eigenvalue weighted by molar-refractivity contribution is 0.313. The van der Waals surface area contributed by atoms with Crippen molar-refractivity contribution in [3.63, 3.8) is 0 Å². The van der Waals surface area contributed by atoms with Crippen molar-refractivity contribution in [1.29, 1.82) is 0 Å². The molecule has 5 nitrogen and oxygen atoms in total. The van der Waals surface area contributed by atoms with Gasteiger partial charge in [0, 0.05) is 37.9 Å². The van der Waals surface area contributed by atoms with E-state index < -0.39 is 10.0 Å². The number of nitrogens with zero attached hydrogens (tertiary/aromatic N) is 3. The van der Waals surface area contributed by atoms with Crippen molar-refractivity contribution in [2.75, 3.05) is 13.1 Å². The van der Waals surface area contributed by atoms with Gasteiger partial charge in [-0.15, -0.1) is 0 Å². The maximum Gasteiger partial charge on any atom is 0.243 e. The lowest BCUT2D eigenvalue weighted by atomic mass is 9.87. The third-order valence-corrected chi connectivity index (χ3v) is 7.00. The van der Waals surface area contributed by atoms with Crippen molar-refractivity contribution in [3.05, 3.63) is 47.8 Å². The molecule has 0 N–H and O–H groups in total. The normalized spacial score (nSPS) is 17.8. The van der Waals surface area contributed by atoms with Crippen LogP contribution >= 0.6 is 0 Å². The molecule has 0 spiro atoms. The Bertz CT molecular complexity index is 824. The molecule has 1 aromatic heterocycles. The van der Waals surface area contributed by atoms with Crippen LogP contribution in [-0.4, -0.2) is 35.6 Å². The Morgan fingerprint density at radius 1 is 1.04 bits per heavy atom. The third kappa shape index (κ3) is 3.65. The van der Waals surface area contributed by atoms with Gasteiger partial charge >= 0.3 is 0 Å². The van der Waals surface area contributed by atoms with E-state index in [4.69, 9.17) is 0 Å². The first-order valence-corrected chi connectivity index (χ1v) is 10.2. The van der Waals surface area contributed by atoms with Gasteiger partial charge in [-0.1, -0.05) is 32.9 Å². The van der Waals surface area contributed by atoms with Crippen LogP contribution in [0, 0.1) is 0 Å². The minimum absolute atomic E-state index is 0.0176. The Hall–Kier alpha value is -1.66.